The van der Waals surface area contributed by atoms with E-state index in [1.54, 1.807) is 23.6 Å². The normalized spacial score (nSPS) is 10.9. The molecule has 0 aliphatic carbocycles. The Labute approximate surface area is 149 Å². The van der Waals surface area contributed by atoms with Gasteiger partial charge in [-0.25, -0.2) is 15.0 Å². The first kappa shape index (κ1) is 16.8. The molecule has 0 aliphatic heterocycles. The first-order valence-corrected chi connectivity index (χ1v) is 8.66. The van der Waals surface area contributed by atoms with Crippen molar-refractivity contribution in [3.05, 3.63) is 59.1 Å². The van der Waals surface area contributed by atoms with Crippen LogP contribution in [0.3, 0.4) is 0 Å². The second-order valence-corrected chi connectivity index (χ2v) is 6.15. The van der Waals surface area contributed by atoms with Crippen LogP contribution in [-0.4, -0.2) is 38.5 Å². The van der Waals surface area contributed by atoms with Crippen LogP contribution in [0.1, 0.15) is 10.7 Å². The summed E-state index contributed by atoms with van der Waals surface area (Å²) in [5.74, 6) is 2.18. The molecule has 3 aromatic rings. The topological polar surface area (TPSA) is 84.7 Å². The van der Waals surface area contributed by atoms with E-state index >= 15 is 0 Å². The van der Waals surface area contributed by atoms with Crippen LogP contribution in [0.25, 0.3) is 11.9 Å². The molecule has 0 spiro atoms. The number of thiophene rings is 1. The number of nitrogens with zero attached hydrogens (tertiary/aromatic N) is 4. The predicted molar refractivity (Wildman–Crippen MR) is 98.7 cm³/mol. The number of aryl methyl sites for hydroxylation is 1. The fourth-order valence-electron chi connectivity index (χ4n) is 2.17. The quantitative estimate of drug-likeness (QED) is 0.502. The molecular formula is C17H18N6OS. The van der Waals surface area contributed by atoms with Gasteiger partial charge in [-0.1, -0.05) is 6.07 Å². The van der Waals surface area contributed by atoms with Crippen LogP contribution in [0.2, 0.25) is 0 Å². The van der Waals surface area contributed by atoms with Gasteiger partial charge in [-0.15, -0.1) is 11.3 Å². The van der Waals surface area contributed by atoms with E-state index in [9.17, 15) is 4.79 Å². The Morgan fingerprint density at radius 1 is 1.32 bits per heavy atom. The van der Waals surface area contributed by atoms with E-state index in [0.29, 0.717) is 18.9 Å². The number of anilines is 1. The van der Waals surface area contributed by atoms with Gasteiger partial charge in [0.25, 0.3) is 0 Å². The van der Waals surface area contributed by atoms with Crippen LogP contribution < -0.4 is 10.6 Å². The Morgan fingerprint density at radius 3 is 3.00 bits per heavy atom. The highest BCUT2D eigenvalue weighted by Gasteiger charge is 2.03. The van der Waals surface area contributed by atoms with Crippen molar-refractivity contribution < 1.29 is 4.79 Å². The van der Waals surface area contributed by atoms with E-state index < -0.39 is 0 Å². The summed E-state index contributed by atoms with van der Waals surface area (Å²) in [6.07, 6.45) is 8.42. The van der Waals surface area contributed by atoms with E-state index in [0.717, 1.165) is 16.5 Å². The first-order valence-electron chi connectivity index (χ1n) is 7.78. The van der Waals surface area contributed by atoms with Gasteiger partial charge in [-0.2, -0.15) is 0 Å². The van der Waals surface area contributed by atoms with Crippen LogP contribution >= 0.6 is 11.3 Å². The van der Waals surface area contributed by atoms with Crippen molar-refractivity contribution in [2.24, 2.45) is 0 Å². The zero-order valence-electron chi connectivity index (χ0n) is 13.7. The fraction of sp³-hybridized carbons (Fsp3) is 0.176. The van der Waals surface area contributed by atoms with Crippen molar-refractivity contribution >= 4 is 29.1 Å². The summed E-state index contributed by atoms with van der Waals surface area (Å²) >= 11 is 1.59. The number of carbonyl (C=O) groups is 1. The summed E-state index contributed by atoms with van der Waals surface area (Å²) in [5.41, 5.74) is 0. The lowest BCUT2D eigenvalue weighted by atomic mass is 10.4. The van der Waals surface area contributed by atoms with E-state index in [4.69, 9.17) is 0 Å². The molecule has 8 heteroatoms. The molecule has 0 aromatic carbocycles. The number of carbonyl (C=O) groups excluding carboxylic acids is 1. The molecule has 7 nitrogen and oxygen atoms in total. The average molecular weight is 354 g/mol. The van der Waals surface area contributed by atoms with Crippen molar-refractivity contribution in [2.45, 2.75) is 6.92 Å². The number of amides is 1. The van der Waals surface area contributed by atoms with Crippen molar-refractivity contribution in [1.29, 1.82) is 0 Å². The summed E-state index contributed by atoms with van der Waals surface area (Å²) in [5, 5.41) is 7.97. The van der Waals surface area contributed by atoms with E-state index in [1.807, 2.05) is 41.3 Å². The lowest BCUT2D eigenvalue weighted by Crippen LogP contribution is -2.27. The molecule has 0 aliphatic rings. The Hall–Kier alpha value is -3.00. The lowest BCUT2D eigenvalue weighted by molar-refractivity contribution is -0.116. The minimum absolute atomic E-state index is 0.118. The van der Waals surface area contributed by atoms with Crippen LogP contribution in [-0.2, 0) is 4.79 Å². The van der Waals surface area contributed by atoms with Crippen molar-refractivity contribution in [2.75, 3.05) is 18.4 Å². The molecule has 3 rings (SSSR count). The average Bonchev–Trinajstić information content (AvgIpc) is 3.28. The smallest absolute Gasteiger partial charge is 0.244 e. The monoisotopic (exact) mass is 354 g/mol. The molecule has 0 saturated carbocycles. The molecule has 0 unspecified atom stereocenters. The summed E-state index contributed by atoms with van der Waals surface area (Å²) in [6, 6.07) is 5.76. The molecule has 25 heavy (non-hydrogen) atoms. The second kappa shape index (κ2) is 8.20. The van der Waals surface area contributed by atoms with Gasteiger partial charge in [0.2, 0.25) is 5.91 Å². The summed E-state index contributed by atoms with van der Waals surface area (Å²) in [7, 11) is 0. The second-order valence-electron chi connectivity index (χ2n) is 5.17. The summed E-state index contributed by atoms with van der Waals surface area (Å²) in [6.45, 7) is 2.98. The third-order valence-electron chi connectivity index (χ3n) is 3.40. The van der Waals surface area contributed by atoms with Crippen molar-refractivity contribution in [1.82, 2.24) is 24.8 Å². The fourth-order valence-corrected chi connectivity index (χ4v) is 2.79. The SMILES string of the molecule is Cc1nccn1-c1cc(NCCNC(=O)/C=C/c2cccs2)ncn1. The van der Waals surface area contributed by atoms with Crippen molar-refractivity contribution in [3.63, 3.8) is 0 Å². The Bertz CT molecular complexity index is 856. The van der Waals surface area contributed by atoms with Gasteiger partial charge in [0.05, 0.1) is 0 Å². The highest BCUT2D eigenvalue weighted by molar-refractivity contribution is 7.10. The maximum Gasteiger partial charge on any atom is 0.244 e. The minimum Gasteiger partial charge on any atom is -0.368 e. The van der Waals surface area contributed by atoms with Gasteiger partial charge in [-0.3, -0.25) is 9.36 Å². The van der Waals surface area contributed by atoms with Crippen molar-refractivity contribution in [3.8, 4) is 5.82 Å². The van der Waals surface area contributed by atoms with Crippen LogP contribution in [0.4, 0.5) is 5.82 Å². The molecule has 0 atom stereocenters. The summed E-state index contributed by atoms with van der Waals surface area (Å²) < 4.78 is 1.88. The number of rotatable bonds is 7. The molecule has 1 amide bonds. The zero-order chi connectivity index (χ0) is 17.5. The summed E-state index contributed by atoms with van der Waals surface area (Å²) in [4.78, 5) is 25.4. The molecule has 3 aromatic heterocycles. The number of hydrogen-bond donors (Lipinski definition) is 2. The van der Waals surface area contributed by atoms with Crippen LogP contribution in [0, 0.1) is 6.92 Å². The van der Waals surface area contributed by atoms with Gasteiger partial charge >= 0.3 is 0 Å². The van der Waals surface area contributed by atoms with Gasteiger partial charge in [0, 0.05) is 42.5 Å². The predicted octanol–water partition coefficient (Wildman–Crippen LogP) is 2.27. The van der Waals surface area contributed by atoms with Crippen LogP contribution in [0.5, 0.6) is 0 Å². The minimum atomic E-state index is -0.118. The molecule has 0 radical (unpaired) electrons. The van der Waals surface area contributed by atoms with Gasteiger partial charge in [0.15, 0.2) is 0 Å². The maximum absolute atomic E-state index is 11.7. The van der Waals surface area contributed by atoms with Gasteiger partial charge in [-0.05, 0) is 24.4 Å². The highest BCUT2D eigenvalue weighted by atomic mass is 32.1. The Balaban J connectivity index is 1.46. The van der Waals surface area contributed by atoms with E-state index in [-0.39, 0.29) is 5.91 Å². The van der Waals surface area contributed by atoms with Gasteiger partial charge in [0.1, 0.15) is 23.8 Å². The number of nitrogens with one attached hydrogen (secondary N) is 2. The molecular weight excluding hydrogens is 336 g/mol. The maximum atomic E-state index is 11.7. The largest absolute Gasteiger partial charge is 0.368 e. The first-order chi connectivity index (χ1) is 12.2. The number of imidazole rings is 1. The molecule has 2 N–H and O–H groups in total. The number of hydrogen-bond acceptors (Lipinski definition) is 6. The molecule has 3 heterocycles. The number of aromatic nitrogens is 4. The molecule has 0 fully saturated rings. The molecule has 0 saturated heterocycles. The zero-order valence-corrected chi connectivity index (χ0v) is 14.5. The van der Waals surface area contributed by atoms with Crippen LogP contribution in [0.15, 0.2) is 48.4 Å². The standard InChI is InChI=1S/C17H18N6OS/c1-13-18-8-9-23(13)16-11-15(21-12-22-16)19-6-7-20-17(24)5-4-14-3-2-10-25-14/h2-5,8-12H,6-7H2,1H3,(H,20,24)(H,19,21,22)/b5-4+. The molecule has 0 bridgehead atoms. The molecule has 128 valence electrons. The van der Waals surface area contributed by atoms with E-state index in [1.165, 1.54) is 12.4 Å². The third kappa shape index (κ3) is 4.74. The van der Waals surface area contributed by atoms with E-state index in [2.05, 4.69) is 25.6 Å². The highest BCUT2D eigenvalue weighted by Crippen LogP contribution is 2.11. The third-order valence-corrected chi connectivity index (χ3v) is 4.24. The Kier molecular flexibility index (Phi) is 5.53. The lowest BCUT2D eigenvalue weighted by Gasteiger charge is -2.08. The Morgan fingerprint density at radius 2 is 2.24 bits per heavy atom. The van der Waals surface area contributed by atoms with Gasteiger partial charge < -0.3 is 10.6 Å².